The van der Waals surface area contributed by atoms with E-state index in [2.05, 4.69) is 15.3 Å². The summed E-state index contributed by atoms with van der Waals surface area (Å²) in [5.74, 6) is 0.572. The number of likely N-dealkylation sites (tertiary alicyclic amines) is 1. The molecule has 1 aliphatic heterocycles. The number of hydrogen-bond acceptors (Lipinski definition) is 4. The fourth-order valence-corrected chi connectivity index (χ4v) is 2.86. The van der Waals surface area contributed by atoms with Gasteiger partial charge < -0.3 is 15.0 Å². The van der Waals surface area contributed by atoms with Gasteiger partial charge in [0.25, 0.3) is 0 Å². The summed E-state index contributed by atoms with van der Waals surface area (Å²) in [5, 5.41) is 3.11. The Morgan fingerprint density at radius 3 is 2.95 bits per heavy atom. The lowest BCUT2D eigenvalue weighted by atomic mass is 10.2. The van der Waals surface area contributed by atoms with Crippen LogP contribution in [0.25, 0.3) is 0 Å². The van der Waals surface area contributed by atoms with Crippen LogP contribution < -0.4 is 10.1 Å². The minimum absolute atomic E-state index is 0.0271. The van der Waals surface area contributed by atoms with Gasteiger partial charge in [0.05, 0.1) is 6.54 Å². The van der Waals surface area contributed by atoms with Gasteiger partial charge in [-0.25, -0.2) is 14.8 Å². The Morgan fingerprint density at radius 2 is 2.20 bits per heavy atom. The first-order chi connectivity index (χ1) is 9.81. The molecular formula is C14H20N4O2. The zero-order chi connectivity index (χ0) is 13.8. The first-order valence-electron chi connectivity index (χ1n) is 7.29. The van der Waals surface area contributed by atoms with Gasteiger partial charge >= 0.3 is 6.03 Å². The van der Waals surface area contributed by atoms with E-state index < -0.39 is 0 Å². The van der Waals surface area contributed by atoms with Crippen molar-refractivity contribution in [2.45, 2.75) is 44.2 Å². The monoisotopic (exact) mass is 276 g/mol. The smallest absolute Gasteiger partial charge is 0.317 e. The topological polar surface area (TPSA) is 67.4 Å². The Morgan fingerprint density at radius 1 is 1.35 bits per heavy atom. The van der Waals surface area contributed by atoms with Gasteiger partial charge in [-0.3, -0.25) is 0 Å². The Bertz CT molecular complexity index is 448. The summed E-state index contributed by atoms with van der Waals surface area (Å²) in [6, 6.07) is 2.15. The molecule has 6 nitrogen and oxygen atoms in total. The zero-order valence-electron chi connectivity index (χ0n) is 11.5. The Balaban J connectivity index is 1.47. The second kappa shape index (κ2) is 6.07. The molecule has 6 heteroatoms. The molecule has 2 fully saturated rings. The molecule has 1 N–H and O–H groups in total. The maximum absolute atomic E-state index is 12.1. The normalized spacial score (nSPS) is 23.0. The quantitative estimate of drug-likeness (QED) is 0.910. The minimum Gasteiger partial charge on any atom is -0.472 e. The van der Waals surface area contributed by atoms with Crippen molar-refractivity contribution in [2.24, 2.45) is 0 Å². The number of urea groups is 1. The highest BCUT2D eigenvalue weighted by Gasteiger charge is 2.29. The van der Waals surface area contributed by atoms with E-state index in [1.165, 1.54) is 19.2 Å². The van der Waals surface area contributed by atoms with Crippen LogP contribution >= 0.6 is 0 Å². The largest absolute Gasteiger partial charge is 0.472 e. The third kappa shape index (κ3) is 3.18. The maximum Gasteiger partial charge on any atom is 0.317 e. The molecule has 1 saturated carbocycles. The van der Waals surface area contributed by atoms with Gasteiger partial charge in [-0.2, -0.15) is 0 Å². The molecule has 108 valence electrons. The van der Waals surface area contributed by atoms with Crippen molar-refractivity contribution in [2.75, 3.05) is 13.1 Å². The number of aromatic nitrogens is 2. The Hall–Kier alpha value is -1.85. The van der Waals surface area contributed by atoms with Gasteiger partial charge in [-0.15, -0.1) is 0 Å². The molecule has 20 heavy (non-hydrogen) atoms. The molecule has 1 aliphatic carbocycles. The van der Waals surface area contributed by atoms with E-state index in [1.807, 2.05) is 4.90 Å². The van der Waals surface area contributed by atoms with Crippen LogP contribution in [0, 0.1) is 0 Å². The first-order valence-corrected chi connectivity index (χ1v) is 7.29. The standard InChI is InChI=1S/C14H20N4O2/c19-14(17-11-3-1-2-4-11)18-8-6-12(9-18)20-13-5-7-15-10-16-13/h5,7,10-12H,1-4,6,8-9H2,(H,17,19)/t12-/m1/s1. The molecule has 2 amide bonds. The van der Waals surface area contributed by atoms with Crippen molar-refractivity contribution >= 4 is 6.03 Å². The zero-order valence-corrected chi connectivity index (χ0v) is 11.5. The number of nitrogens with zero attached hydrogens (tertiary/aromatic N) is 3. The van der Waals surface area contributed by atoms with Gasteiger partial charge in [0.1, 0.15) is 12.4 Å². The van der Waals surface area contributed by atoms with Crippen molar-refractivity contribution < 1.29 is 9.53 Å². The predicted octanol–water partition coefficient (Wildman–Crippen LogP) is 1.58. The molecule has 0 radical (unpaired) electrons. The molecule has 0 unspecified atom stereocenters. The van der Waals surface area contributed by atoms with Gasteiger partial charge in [-0.1, -0.05) is 12.8 Å². The van der Waals surface area contributed by atoms with Crippen LogP contribution in [0.1, 0.15) is 32.1 Å². The average molecular weight is 276 g/mol. The molecular weight excluding hydrogens is 256 g/mol. The molecule has 2 aliphatic rings. The molecule has 1 saturated heterocycles. The van der Waals surface area contributed by atoms with E-state index in [1.54, 1.807) is 12.3 Å². The minimum atomic E-state index is 0.0271. The lowest BCUT2D eigenvalue weighted by molar-refractivity contribution is 0.181. The summed E-state index contributed by atoms with van der Waals surface area (Å²) in [6.45, 7) is 1.37. The van der Waals surface area contributed by atoms with Crippen molar-refractivity contribution in [3.05, 3.63) is 18.6 Å². The fraction of sp³-hybridized carbons (Fsp3) is 0.643. The molecule has 3 rings (SSSR count). The van der Waals surface area contributed by atoms with Crippen LogP contribution in [0.2, 0.25) is 0 Å². The SMILES string of the molecule is O=C(NC1CCCC1)N1CC[C@@H](Oc2ccncn2)C1. The van der Waals surface area contributed by atoms with Crippen LogP contribution in [-0.2, 0) is 0 Å². The predicted molar refractivity (Wildman–Crippen MR) is 73.4 cm³/mol. The summed E-state index contributed by atoms with van der Waals surface area (Å²) >= 11 is 0. The number of nitrogens with one attached hydrogen (secondary N) is 1. The molecule has 0 spiro atoms. The van der Waals surface area contributed by atoms with Crippen molar-refractivity contribution in [3.8, 4) is 5.88 Å². The molecule has 0 bridgehead atoms. The highest BCUT2D eigenvalue weighted by Crippen LogP contribution is 2.19. The molecule has 1 atom stereocenters. The van der Waals surface area contributed by atoms with Gasteiger partial charge in [0, 0.05) is 31.3 Å². The van der Waals surface area contributed by atoms with Crippen LogP contribution in [0.15, 0.2) is 18.6 Å². The fourth-order valence-electron chi connectivity index (χ4n) is 2.86. The first kappa shape index (κ1) is 13.1. The lowest BCUT2D eigenvalue weighted by Gasteiger charge is -2.20. The summed E-state index contributed by atoms with van der Waals surface area (Å²) in [4.78, 5) is 21.9. The third-order valence-electron chi connectivity index (χ3n) is 3.96. The lowest BCUT2D eigenvalue weighted by Crippen LogP contribution is -2.43. The van der Waals surface area contributed by atoms with E-state index in [-0.39, 0.29) is 12.1 Å². The van der Waals surface area contributed by atoms with Crippen molar-refractivity contribution in [1.82, 2.24) is 20.2 Å². The molecule has 0 aromatic carbocycles. The van der Waals surface area contributed by atoms with Crippen LogP contribution in [-0.4, -0.2) is 46.1 Å². The molecule has 2 heterocycles. The number of ether oxygens (including phenoxy) is 1. The number of amides is 2. The van der Waals surface area contributed by atoms with E-state index in [4.69, 9.17) is 4.74 Å². The summed E-state index contributed by atoms with van der Waals surface area (Å²) in [5.41, 5.74) is 0. The van der Waals surface area contributed by atoms with E-state index in [0.717, 1.165) is 25.8 Å². The highest BCUT2D eigenvalue weighted by molar-refractivity contribution is 5.74. The molecule has 1 aromatic heterocycles. The number of carbonyl (C=O) groups is 1. The van der Waals surface area contributed by atoms with Gasteiger partial charge in [0.2, 0.25) is 5.88 Å². The van der Waals surface area contributed by atoms with Crippen molar-refractivity contribution in [1.29, 1.82) is 0 Å². The average Bonchev–Trinajstić information content (AvgIpc) is 3.11. The maximum atomic E-state index is 12.1. The second-order valence-electron chi connectivity index (χ2n) is 5.45. The number of rotatable bonds is 3. The summed E-state index contributed by atoms with van der Waals surface area (Å²) in [7, 11) is 0. The number of carbonyl (C=O) groups excluding carboxylic acids is 1. The highest BCUT2D eigenvalue weighted by atomic mass is 16.5. The van der Waals surface area contributed by atoms with E-state index in [0.29, 0.717) is 18.5 Å². The van der Waals surface area contributed by atoms with Gasteiger partial charge in [-0.05, 0) is 12.8 Å². The number of hydrogen-bond donors (Lipinski definition) is 1. The Labute approximate surface area is 118 Å². The van der Waals surface area contributed by atoms with E-state index >= 15 is 0 Å². The summed E-state index contributed by atoms with van der Waals surface area (Å²) < 4.78 is 5.75. The summed E-state index contributed by atoms with van der Waals surface area (Å²) in [6.07, 6.45) is 8.67. The second-order valence-corrected chi connectivity index (χ2v) is 5.45. The van der Waals surface area contributed by atoms with Crippen LogP contribution in [0.3, 0.4) is 0 Å². The van der Waals surface area contributed by atoms with Crippen LogP contribution in [0.5, 0.6) is 5.88 Å². The Kier molecular flexibility index (Phi) is 3.99. The van der Waals surface area contributed by atoms with Crippen molar-refractivity contribution in [3.63, 3.8) is 0 Å². The molecule has 1 aromatic rings. The third-order valence-corrected chi connectivity index (χ3v) is 3.96. The van der Waals surface area contributed by atoms with Gasteiger partial charge in [0.15, 0.2) is 0 Å². The van der Waals surface area contributed by atoms with Crippen LogP contribution in [0.4, 0.5) is 4.79 Å². The van der Waals surface area contributed by atoms with E-state index in [9.17, 15) is 4.79 Å².